The molecular weight excluding hydrogens is 185 g/mol. The molecule has 0 fully saturated rings. The quantitative estimate of drug-likeness (QED) is 0.400. The molecule has 72 valence electrons. The van der Waals surface area contributed by atoms with Gasteiger partial charge in [0.2, 0.25) is 0 Å². The second kappa shape index (κ2) is 9.23. The summed E-state index contributed by atoms with van der Waals surface area (Å²) in [6, 6.07) is 0. The van der Waals surface area contributed by atoms with Crippen LogP contribution in [0.5, 0.6) is 0 Å². The summed E-state index contributed by atoms with van der Waals surface area (Å²) in [6.07, 6.45) is 5.82. The summed E-state index contributed by atoms with van der Waals surface area (Å²) in [4.78, 5) is 0. The van der Waals surface area contributed by atoms with Crippen molar-refractivity contribution in [1.82, 2.24) is 0 Å². The standard InChI is InChI=1S/C8H20P.CHNS/c1-5-9(6-2,7-3)8-4;2-1-3/h5-8H2,1-4H3;3H/q+1;/p-1. The number of hydrogen-bond acceptors (Lipinski definition) is 2. The van der Waals surface area contributed by atoms with E-state index in [-0.39, 0.29) is 0 Å². The molecule has 0 bridgehead atoms. The van der Waals surface area contributed by atoms with Gasteiger partial charge in [0.25, 0.3) is 0 Å². The molecule has 0 saturated carbocycles. The third kappa shape index (κ3) is 5.75. The van der Waals surface area contributed by atoms with Gasteiger partial charge < -0.3 is 12.6 Å². The molecule has 1 nitrogen and oxygen atoms in total. The number of thiocyanates is 1. The highest BCUT2D eigenvalue weighted by Gasteiger charge is 2.27. The zero-order chi connectivity index (χ0) is 10.0. The molecule has 0 aliphatic rings. The Morgan fingerprint density at radius 2 is 1.17 bits per heavy atom. The lowest BCUT2D eigenvalue weighted by atomic mass is 10.9. The smallest absolute Gasteiger partial charge is 0.0565 e. The van der Waals surface area contributed by atoms with E-state index in [1.54, 1.807) is 0 Å². The predicted molar refractivity (Wildman–Crippen MR) is 62.1 cm³/mol. The van der Waals surface area contributed by atoms with Crippen LogP contribution in [-0.2, 0) is 12.6 Å². The van der Waals surface area contributed by atoms with Gasteiger partial charge in [0.05, 0.1) is 24.6 Å². The minimum absolute atomic E-state index is 0.420. The van der Waals surface area contributed by atoms with Gasteiger partial charge in [-0.1, -0.05) is 5.40 Å². The molecule has 0 spiro atoms. The average Bonchev–Trinajstić information content (AvgIpc) is 2.11. The van der Waals surface area contributed by atoms with Crippen LogP contribution in [0.2, 0.25) is 0 Å². The van der Waals surface area contributed by atoms with Crippen LogP contribution in [0.25, 0.3) is 0 Å². The van der Waals surface area contributed by atoms with Crippen LogP contribution in [0.4, 0.5) is 0 Å². The summed E-state index contributed by atoms with van der Waals surface area (Å²) in [5, 5.41) is 8.47. The third-order valence-corrected chi connectivity index (χ3v) is 8.05. The van der Waals surface area contributed by atoms with Crippen molar-refractivity contribution in [3.05, 3.63) is 0 Å². The van der Waals surface area contributed by atoms with E-state index in [9.17, 15) is 0 Å². The number of hydrogen-bond donors (Lipinski definition) is 0. The summed E-state index contributed by atoms with van der Waals surface area (Å²) in [5.74, 6) is 0. The van der Waals surface area contributed by atoms with Crippen molar-refractivity contribution < 1.29 is 0 Å². The Morgan fingerprint density at radius 1 is 1.00 bits per heavy atom. The Balaban J connectivity index is 0. The molecule has 0 aromatic carbocycles. The third-order valence-electron chi connectivity index (χ3n) is 2.68. The highest BCUT2D eigenvalue weighted by molar-refractivity contribution is 7.75. The first-order chi connectivity index (χ1) is 5.66. The van der Waals surface area contributed by atoms with Gasteiger partial charge in [0.1, 0.15) is 0 Å². The van der Waals surface area contributed by atoms with Gasteiger partial charge in [-0.25, -0.2) is 5.26 Å². The molecule has 0 rings (SSSR count). The van der Waals surface area contributed by atoms with Crippen LogP contribution in [0.15, 0.2) is 0 Å². The van der Waals surface area contributed by atoms with E-state index in [0.717, 1.165) is 0 Å². The largest absolute Gasteiger partial charge is 0.696 e. The normalized spacial score (nSPS) is 9.58. The molecule has 0 saturated heterocycles. The summed E-state index contributed by atoms with van der Waals surface area (Å²) < 4.78 is 0. The van der Waals surface area contributed by atoms with Crippen molar-refractivity contribution in [2.45, 2.75) is 27.7 Å². The van der Waals surface area contributed by atoms with Crippen molar-refractivity contribution in [3.8, 4) is 5.40 Å². The summed E-state index contributed by atoms with van der Waals surface area (Å²) in [5.41, 5.74) is 0. The number of rotatable bonds is 4. The first-order valence-corrected chi connectivity index (χ1v) is 7.46. The maximum atomic E-state index is 7.13. The molecule has 12 heavy (non-hydrogen) atoms. The summed E-state index contributed by atoms with van der Waals surface area (Å²) in [6.45, 7) is 9.41. The van der Waals surface area contributed by atoms with Gasteiger partial charge in [-0.05, 0) is 27.7 Å². The molecular formula is C9H20NPS. The summed E-state index contributed by atoms with van der Waals surface area (Å²) in [7, 11) is -0.420. The van der Waals surface area contributed by atoms with Gasteiger partial charge >= 0.3 is 0 Å². The minimum Gasteiger partial charge on any atom is -0.696 e. The van der Waals surface area contributed by atoms with Gasteiger partial charge in [-0.3, -0.25) is 0 Å². The zero-order valence-electron chi connectivity index (χ0n) is 8.63. The van der Waals surface area contributed by atoms with Gasteiger partial charge in [0, 0.05) is 7.26 Å². The molecule has 0 amide bonds. The molecule has 0 atom stereocenters. The van der Waals surface area contributed by atoms with Crippen LogP contribution in [0, 0.1) is 10.7 Å². The topological polar surface area (TPSA) is 23.8 Å². The number of nitriles is 1. The SMILES string of the molecule is CC[P+](CC)(CC)CC.N#C[S-]. The van der Waals surface area contributed by atoms with Crippen molar-refractivity contribution in [2.24, 2.45) is 0 Å². The molecule has 0 aromatic heterocycles. The van der Waals surface area contributed by atoms with Crippen molar-refractivity contribution in [1.29, 1.82) is 5.26 Å². The molecule has 0 aliphatic heterocycles. The van der Waals surface area contributed by atoms with E-state index in [0.29, 0.717) is 0 Å². The molecule has 0 aromatic rings. The Kier molecular flexibility index (Phi) is 11.3. The Labute approximate surface area is 83.3 Å². The van der Waals surface area contributed by atoms with E-state index in [1.165, 1.54) is 30.0 Å². The fourth-order valence-electron chi connectivity index (χ4n) is 1.34. The lowest BCUT2D eigenvalue weighted by Gasteiger charge is -2.20. The lowest BCUT2D eigenvalue weighted by molar-refractivity contribution is 1.25. The van der Waals surface area contributed by atoms with Gasteiger partial charge in [-0.15, -0.1) is 0 Å². The fraction of sp³-hybridized carbons (Fsp3) is 0.889. The summed E-state index contributed by atoms with van der Waals surface area (Å²) >= 11 is 3.70. The lowest BCUT2D eigenvalue weighted by Crippen LogP contribution is -2.04. The van der Waals surface area contributed by atoms with Crippen LogP contribution >= 0.6 is 7.26 Å². The molecule has 0 N–H and O–H groups in total. The van der Waals surface area contributed by atoms with E-state index >= 15 is 0 Å². The van der Waals surface area contributed by atoms with E-state index < -0.39 is 7.26 Å². The second-order valence-corrected chi connectivity index (χ2v) is 8.09. The Bertz CT molecular complexity index is 109. The van der Waals surface area contributed by atoms with Crippen molar-refractivity contribution in [2.75, 3.05) is 24.6 Å². The second-order valence-electron chi connectivity index (χ2n) is 2.70. The predicted octanol–water partition coefficient (Wildman–Crippen LogP) is 3.10. The molecule has 3 heteroatoms. The first kappa shape index (κ1) is 14.7. The Hall–Kier alpha value is 0.140. The monoisotopic (exact) mass is 205 g/mol. The zero-order valence-corrected chi connectivity index (χ0v) is 10.3. The first-order valence-electron chi connectivity index (χ1n) is 4.52. The van der Waals surface area contributed by atoms with Gasteiger partial charge in [-0.2, -0.15) is 0 Å². The molecule has 0 aliphatic carbocycles. The fourth-order valence-corrected chi connectivity index (χ4v) is 4.02. The van der Waals surface area contributed by atoms with E-state index in [4.69, 9.17) is 5.26 Å². The molecule has 0 heterocycles. The number of nitrogens with zero attached hydrogens (tertiary/aromatic N) is 1. The van der Waals surface area contributed by atoms with Gasteiger partial charge in [0.15, 0.2) is 0 Å². The highest BCUT2D eigenvalue weighted by Crippen LogP contribution is 2.57. The average molecular weight is 205 g/mol. The van der Waals surface area contributed by atoms with Crippen LogP contribution < -0.4 is 0 Å². The maximum absolute atomic E-state index is 7.13. The van der Waals surface area contributed by atoms with Crippen molar-refractivity contribution in [3.63, 3.8) is 0 Å². The van der Waals surface area contributed by atoms with Crippen LogP contribution in [0.1, 0.15) is 27.7 Å². The minimum atomic E-state index is -0.420. The van der Waals surface area contributed by atoms with Crippen molar-refractivity contribution >= 4 is 19.9 Å². The van der Waals surface area contributed by atoms with E-state index in [2.05, 4.69) is 40.3 Å². The highest BCUT2D eigenvalue weighted by atomic mass is 32.1. The Morgan fingerprint density at radius 3 is 1.17 bits per heavy atom. The molecule has 0 unspecified atom stereocenters. The molecule has 0 radical (unpaired) electrons. The van der Waals surface area contributed by atoms with Crippen LogP contribution in [0.3, 0.4) is 0 Å². The maximum Gasteiger partial charge on any atom is 0.0565 e. The van der Waals surface area contributed by atoms with E-state index in [1.807, 2.05) is 0 Å². The van der Waals surface area contributed by atoms with Crippen LogP contribution in [-0.4, -0.2) is 24.6 Å².